The van der Waals surface area contributed by atoms with E-state index in [1.807, 2.05) is 24.3 Å². The number of nitrogens with one attached hydrogen (secondary N) is 2. The van der Waals surface area contributed by atoms with E-state index in [0.29, 0.717) is 11.3 Å². The Hall–Kier alpha value is -1.93. The zero-order valence-corrected chi connectivity index (χ0v) is 17.4. The molecule has 2 N–H and O–H groups in total. The lowest BCUT2D eigenvalue weighted by Crippen LogP contribution is -2.51. The third-order valence-corrected chi connectivity index (χ3v) is 4.87. The molecule has 0 saturated carbocycles. The van der Waals surface area contributed by atoms with Gasteiger partial charge in [0, 0.05) is 4.47 Å². The number of rotatable bonds is 4. The minimum Gasteiger partial charge on any atom is -0.486 e. The van der Waals surface area contributed by atoms with Gasteiger partial charge in [0.15, 0.2) is 10.9 Å². The van der Waals surface area contributed by atoms with Gasteiger partial charge in [-0.2, -0.15) is 0 Å². The van der Waals surface area contributed by atoms with Crippen LogP contribution in [-0.4, -0.2) is 16.9 Å². The van der Waals surface area contributed by atoms with Crippen LogP contribution in [0.4, 0.5) is 0 Å². The molecule has 1 heterocycles. The Morgan fingerprint density at radius 1 is 1.04 bits per heavy atom. The Morgan fingerprint density at radius 3 is 2.15 bits per heavy atom. The molecule has 1 fully saturated rings. The summed E-state index contributed by atoms with van der Waals surface area (Å²) in [7, 11) is 0. The average molecular weight is 486 g/mol. The van der Waals surface area contributed by atoms with Crippen LogP contribution in [0.5, 0.6) is 5.75 Å². The normalized spacial score (nSPS) is 13.9. The zero-order valence-electron chi connectivity index (χ0n) is 13.5. The zero-order chi connectivity index (χ0) is 19.6. The minimum absolute atomic E-state index is 0.0325. The van der Waals surface area contributed by atoms with E-state index in [9.17, 15) is 9.59 Å². The van der Waals surface area contributed by atoms with Crippen LogP contribution < -0.4 is 15.4 Å². The number of ether oxygens (including phenoxy) is 1. The molecule has 9 heteroatoms. The van der Waals surface area contributed by atoms with E-state index in [1.54, 1.807) is 12.1 Å². The van der Waals surface area contributed by atoms with Crippen LogP contribution >= 0.6 is 51.3 Å². The van der Waals surface area contributed by atoms with Crippen LogP contribution in [-0.2, 0) is 16.2 Å². The largest absolute Gasteiger partial charge is 0.486 e. The summed E-state index contributed by atoms with van der Waals surface area (Å²) in [5.74, 6) is -0.861. The fraction of sp³-hybridized carbons (Fsp3) is 0.0556. The van der Waals surface area contributed by atoms with E-state index in [2.05, 4.69) is 26.6 Å². The summed E-state index contributed by atoms with van der Waals surface area (Å²) in [4.78, 5) is 23.8. The van der Waals surface area contributed by atoms with E-state index >= 15 is 0 Å². The lowest BCUT2D eigenvalue weighted by Gasteiger charge is -2.16. The molecule has 27 heavy (non-hydrogen) atoms. The topological polar surface area (TPSA) is 67.4 Å². The maximum absolute atomic E-state index is 11.9. The highest BCUT2D eigenvalue weighted by Crippen LogP contribution is 2.35. The average Bonchev–Trinajstić information content (AvgIpc) is 2.59. The molecule has 2 aromatic rings. The lowest BCUT2D eigenvalue weighted by molar-refractivity contribution is -0.123. The summed E-state index contributed by atoms with van der Waals surface area (Å²) in [6.07, 6.45) is 1.38. The summed E-state index contributed by atoms with van der Waals surface area (Å²) in [5, 5.41) is 5.22. The molecule has 0 radical (unpaired) electrons. The highest BCUT2D eigenvalue weighted by atomic mass is 79.9. The molecule has 0 bridgehead atoms. The Bertz CT molecular complexity index is 932. The number of hydrogen-bond acceptors (Lipinski definition) is 4. The molecule has 0 unspecified atom stereocenters. The van der Waals surface area contributed by atoms with Crippen LogP contribution in [0, 0.1) is 0 Å². The van der Waals surface area contributed by atoms with Crippen molar-refractivity contribution in [2.24, 2.45) is 0 Å². The van der Waals surface area contributed by atoms with Crippen LogP contribution in [0.2, 0.25) is 10.0 Å². The van der Waals surface area contributed by atoms with E-state index in [0.717, 1.165) is 10.0 Å². The molecule has 0 aromatic heterocycles. The van der Waals surface area contributed by atoms with Crippen molar-refractivity contribution in [1.82, 2.24) is 10.6 Å². The van der Waals surface area contributed by atoms with Gasteiger partial charge in [-0.05, 0) is 53.7 Å². The van der Waals surface area contributed by atoms with Gasteiger partial charge < -0.3 is 4.74 Å². The van der Waals surface area contributed by atoms with Gasteiger partial charge >= 0.3 is 0 Å². The number of carbonyl (C=O) groups excluding carboxylic acids is 2. The number of benzene rings is 2. The molecule has 2 amide bonds. The van der Waals surface area contributed by atoms with Gasteiger partial charge in [0.1, 0.15) is 12.2 Å². The molecule has 0 aliphatic carbocycles. The number of thiocarbonyl (C=S) groups is 1. The van der Waals surface area contributed by atoms with Crippen molar-refractivity contribution in [1.29, 1.82) is 0 Å². The highest BCUT2D eigenvalue weighted by molar-refractivity contribution is 9.10. The van der Waals surface area contributed by atoms with Gasteiger partial charge in [-0.3, -0.25) is 20.2 Å². The summed E-state index contributed by atoms with van der Waals surface area (Å²) < 4.78 is 6.69. The fourth-order valence-corrected chi connectivity index (χ4v) is 3.37. The third kappa shape index (κ3) is 4.87. The number of hydrogen-bond donors (Lipinski definition) is 2. The first-order chi connectivity index (χ1) is 12.8. The Labute approximate surface area is 178 Å². The van der Waals surface area contributed by atoms with Gasteiger partial charge in [0.05, 0.1) is 10.0 Å². The number of carbonyl (C=O) groups is 2. The Morgan fingerprint density at radius 2 is 1.59 bits per heavy atom. The Balaban J connectivity index is 1.81. The lowest BCUT2D eigenvalue weighted by atomic mass is 10.1. The smallest absolute Gasteiger partial charge is 0.263 e. The van der Waals surface area contributed by atoms with Crippen molar-refractivity contribution in [2.45, 2.75) is 6.61 Å². The second-order valence-corrected chi connectivity index (χ2v) is 7.66. The van der Waals surface area contributed by atoms with E-state index in [4.69, 9.17) is 40.2 Å². The van der Waals surface area contributed by atoms with E-state index in [1.165, 1.54) is 6.08 Å². The van der Waals surface area contributed by atoms with Gasteiger partial charge in [0.2, 0.25) is 0 Å². The summed E-state index contributed by atoms with van der Waals surface area (Å²) in [5.41, 5.74) is 1.33. The van der Waals surface area contributed by atoms with Crippen molar-refractivity contribution < 1.29 is 14.3 Å². The monoisotopic (exact) mass is 484 g/mol. The van der Waals surface area contributed by atoms with Gasteiger partial charge in [-0.25, -0.2) is 0 Å². The van der Waals surface area contributed by atoms with Crippen molar-refractivity contribution in [2.75, 3.05) is 0 Å². The van der Waals surface area contributed by atoms with E-state index < -0.39 is 11.8 Å². The van der Waals surface area contributed by atoms with Gasteiger partial charge in [0.25, 0.3) is 11.8 Å². The first-order valence-electron chi connectivity index (χ1n) is 7.58. The van der Waals surface area contributed by atoms with Gasteiger partial charge in [-0.1, -0.05) is 51.3 Å². The van der Waals surface area contributed by atoms with Crippen LogP contribution in [0.15, 0.2) is 46.4 Å². The second-order valence-electron chi connectivity index (χ2n) is 5.52. The first kappa shape index (κ1) is 19.8. The molecule has 1 aliphatic rings. The molecular formula is C18H11BrCl2N2O3S. The van der Waals surface area contributed by atoms with Crippen molar-refractivity contribution in [3.63, 3.8) is 0 Å². The maximum Gasteiger partial charge on any atom is 0.263 e. The van der Waals surface area contributed by atoms with Crippen molar-refractivity contribution in [3.05, 3.63) is 67.6 Å². The second kappa shape index (κ2) is 8.39. The molecule has 0 atom stereocenters. The van der Waals surface area contributed by atoms with Gasteiger partial charge in [-0.15, -0.1) is 0 Å². The molecule has 1 saturated heterocycles. The van der Waals surface area contributed by atoms with Crippen LogP contribution in [0.1, 0.15) is 11.1 Å². The Kier molecular flexibility index (Phi) is 6.16. The fourth-order valence-electron chi connectivity index (χ4n) is 2.31. The predicted molar refractivity (Wildman–Crippen MR) is 112 cm³/mol. The summed E-state index contributed by atoms with van der Waals surface area (Å²) >= 11 is 20.7. The number of amides is 2. The summed E-state index contributed by atoms with van der Waals surface area (Å²) in [6.45, 7) is 0.287. The maximum atomic E-state index is 11.9. The van der Waals surface area contributed by atoms with Crippen molar-refractivity contribution in [3.8, 4) is 5.75 Å². The number of halogens is 3. The standard InChI is InChI=1S/C18H11BrCl2N2O3S/c19-11-3-1-9(2-4-11)8-26-15-13(20)6-10(7-14(15)21)5-12-16(24)22-18(27)23-17(12)25/h1-7H,8H2,(H2,22,23,24,25,27). The van der Waals surface area contributed by atoms with E-state index in [-0.39, 0.29) is 27.3 Å². The molecule has 3 rings (SSSR count). The summed E-state index contributed by atoms with van der Waals surface area (Å²) in [6, 6.07) is 10.8. The molecular weight excluding hydrogens is 475 g/mol. The first-order valence-corrected chi connectivity index (χ1v) is 9.54. The molecule has 2 aromatic carbocycles. The van der Waals surface area contributed by atoms with Crippen molar-refractivity contribution >= 4 is 74.4 Å². The van der Waals surface area contributed by atoms with Crippen LogP contribution in [0.3, 0.4) is 0 Å². The molecule has 138 valence electrons. The van der Waals surface area contributed by atoms with Crippen LogP contribution in [0.25, 0.3) is 6.08 Å². The SMILES string of the molecule is O=C1NC(=S)NC(=O)C1=Cc1cc(Cl)c(OCc2ccc(Br)cc2)c(Cl)c1. The predicted octanol–water partition coefficient (Wildman–Crippen LogP) is 4.25. The minimum atomic E-state index is -0.591. The molecule has 1 aliphatic heterocycles. The molecule has 0 spiro atoms. The molecule has 5 nitrogen and oxygen atoms in total. The third-order valence-electron chi connectivity index (χ3n) is 3.57. The quantitative estimate of drug-likeness (QED) is 0.386. The highest BCUT2D eigenvalue weighted by Gasteiger charge is 2.25.